The molecule has 2 aromatic heterocycles. The number of aromatic nitrogens is 3. The first-order valence-electron chi connectivity index (χ1n) is 10.2. The van der Waals surface area contributed by atoms with Crippen molar-refractivity contribution in [2.24, 2.45) is 0 Å². The van der Waals surface area contributed by atoms with Crippen LogP contribution in [0.5, 0.6) is 0 Å². The van der Waals surface area contributed by atoms with Crippen molar-refractivity contribution in [3.05, 3.63) is 22.1 Å². The van der Waals surface area contributed by atoms with Crippen molar-refractivity contribution in [1.82, 2.24) is 19.5 Å². The average molecular weight is 408 g/mol. The predicted molar refractivity (Wildman–Crippen MR) is 114 cm³/mol. The molecule has 0 amide bonds. The van der Waals surface area contributed by atoms with Crippen molar-refractivity contribution >= 4 is 33.2 Å². The summed E-state index contributed by atoms with van der Waals surface area (Å²) in [5, 5.41) is 8.89. The average Bonchev–Trinajstić information content (AvgIpc) is 3.12. The zero-order valence-corrected chi connectivity index (χ0v) is 17.7. The maximum absolute atomic E-state index is 12.3. The lowest BCUT2D eigenvalue weighted by Gasteiger charge is -2.48. The summed E-state index contributed by atoms with van der Waals surface area (Å²) in [4.78, 5) is 20.4. The smallest absolute Gasteiger partial charge is 0.275 e. The summed E-state index contributed by atoms with van der Waals surface area (Å²) in [5.74, 6) is 2.48. The van der Waals surface area contributed by atoms with Crippen molar-refractivity contribution in [3.63, 3.8) is 0 Å². The van der Waals surface area contributed by atoms with E-state index >= 15 is 0 Å². The zero-order chi connectivity index (χ0) is 18.7. The molecule has 8 heteroatoms. The van der Waals surface area contributed by atoms with Crippen molar-refractivity contribution in [2.45, 2.75) is 57.4 Å². The third kappa shape index (κ3) is 4.17. The standard InChI is InChI=1S/C19H29N5OS2/c1-2-6-15-13-16(25)24-18(21-15)27-17(22-24)20-14-19(7-4-3-5-8-19)23-9-11-26-12-10-23/h13H,2-12,14H2,1H3,(H,20,22). The van der Waals surface area contributed by atoms with Gasteiger partial charge in [0.2, 0.25) is 10.1 Å². The Morgan fingerprint density at radius 2 is 2.00 bits per heavy atom. The van der Waals surface area contributed by atoms with Crippen LogP contribution in [0, 0.1) is 0 Å². The second kappa shape index (κ2) is 8.49. The minimum absolute atomic E-state index is 0.0758. The Bertz CT molecular complexity index is 821. The lowest BCUT2D eigenvalue weighted by molar-refractivity contribution is 0.0706. The number of hydrogen-bond donors (Lipinski definition) is 1. The summed E-state index contributed by atoms with van der Waals surface area (Å²) >= 11 is 3.56. The van der Waals surface area contributed by atoms with E-state index in [1.165, 1.54) is 72.6 Å². The van der Waals surface area contributed by atoms with E-state index in [9.17, 15) is 4.79 Å². The van der Waals surface area contributed by atoms with Gasteiger partial charge in [0.25, 0.3) is 5.56 Å². The van der Waals surface area contributed by atoms with Crippen molar-refractivity contribution in [3.8, 4) is 0 Å². The highest BCUT2D eigenvalue weighted by Gasteiger charge is 2.38. The highest BCUT2D eigenvalue weighted by atomic mass is 32.2. The Kier molecular flexibility index (Phi) is 6.04. The van der Waals surface area contributed by atoms with Crippen LogP contribution < -0.4 is 10.9 Å². The van der Waals surface area contributed by atoms with E-state index in [0.717, 1.165) is 30.2 Å². The number of hydrogen-bond acceptors (Lipinski definition) is 7. The zero-order valence-electron chi connectivity index (χ0n) is 16.1. The molecule has 1 N–H and O–H groups in total. The molecule has 2 fully saturated rings. The van der Waals surface area contributed by atoms with Crippen LogP contribution in [0.1, 0.15) is 51.1 Å². The van der Waals surface area contributed by atoms with E-state index in [-0.39, 0.29) is 11.1 Å². The second-order valence-electron chi connectivity index (χ2n) is 7.68. The fourth-order valence-corrected chi connectivity index (χ4v) is 6.13. The molecule has 1 aliphatic heterocycles. The minimum Gasteiger partial charge on any atom is -0.358 e. The molecular formula is C19H29N5OS2. The lowest BCUT2D eigenvalue weighted by Crippen LogP contribution is -2.57. The number of thioether (sulfide) groups is 1. The molecule has 0 bridgehead atoms. The molecule has 0 radical (unpaired) electrons. The van der Waals surface area contributed by atoms with Crippen LogP contribution in [0.15, 0.2) is 10.9 Å². The van der Waals surface area contributed by atoms with Gasteiger partial charge in [-0.15, -0.1) is 5.10 Å². The van der Waals surface area contributed by atoms with Crippen LogP contribution in [0.2, 0.25) is 0 Å². The molecule has 0 spiro atoms. The molecule has 2 aliphatic rings. The maximum Gasteiger partial charge on any atom is 0.275 e. The molecule has 27 heavy (non-hydrogen) atoms. The molecule has 1 aliphatic carbocycles. The molecule has 148 valence electrons. The molecule has 0 unspecified atom stereocenters. The quantitative estimate of drug-likeness (QED) is 0.793. The second-order valence-corrected chi connectivity index (χ2v) is 9.86. The maximum atomic E-state index is 12.3. The summed E-state index contributed by atoms with van der Waals surface area (Å²) in [6, 6.07) is 1.62. The Balaban J connectivity index is 1.53. The Morgan fingerprint density at radius 3 is 2.74 bits per heavy atom. The normalized spacial score (nSPS) is 20.8. The van der Waals surface area contributed by atoms with E-state index < -0.39 is 0 Å². The van der Waals surface area contributed by atoms with Gasteiger partial charge in [-0.3, -0.25) is 9.69 Å². The molecular weight excluding hydrogens is 378 g/mol. The molecule has 4 rings (SSSR count). The van der Waals surface area contributed by atoms with Crippen LogP contribution in [-0.4, -0.2) is 56.2 Å². The summed E-state index contributed by atoms with van der Waals surface area (Å²) < 4.78 is 1.44. The van der Waals surface area contributed by atoms with Crippen LogP contribution >= 0.6 is 23.1 Å². The Hall–Kier alpha value is -1.12. The number of nitrogens with one attached hydrogen (secondary N) is 1. The predicted octanol–water partition coefficient (Wildman–Crippen LogP) is 3.27. The monoisotopic (exact) mass is 407 g/mol. The topological polar surface area (TPSA) is 62.5 Å². The third-order valence-electron chi connectivity index (χ3n) is 5.84. The first-order valence-corrected chi connectivity index (χ1v) is 12.1. The summed E-state index contributed by atoms with van der Waals surface area (Å²) in [7, 11) is 0. The van der Waals surface area contributed by atoms with E-state index in [2.05, 4.69) is 39.0 Å². The number of nitrogens with zero attached hydrogens (tertiary/aromatic N) is 4. The van der Waals surface area contributed by atoms with Crippen molar-refractivity contribution in [2.75, 3.05) is 36.5 Å². The number of rotatable bonds is 6. The summed E-state index contributed by atoms with van der Waals surface area (Å²) in [6.45, 7) is 5.39. The van der Waals surface area contributed by atoms with Crippen LogP contribution in [0.4, 0.5) is 5.13 Å². The first kappa shape index (κ1) is 19.2. The van der Waals surface area contributed by atoms with E-state index in [1.54, 1.807) is 6.07 Å². The van der Waals surface area contributed by atoms with Crippen molar-refractivity contribution < 1.29 is 0 Å². The molecule has 0 aromatic carbocycles. The summed E-state index contributed by atoms with van der Waals surface area (Å²) in [6.07, 6.45) is 8.32. The Morgan fingerprint density at radius 1 is 1.22 bits per heavy atom. The van der Waals surface area contributed by atoms with Gasteiger partial charge < -0.3 is 5.32 Å². The minimum atomic E-state index is -0.0758. The van der Waals surface area contributed by atoms with Gasteiger partial charge in [0.1, 0.15) is 0 Å². The molecule has 1 saturated carbocycles. The molecule has 6 nitrogen and oxygen atoms in total. The molecule has 2 aromatic rings. The fraction of sp³-hybridized carbons (Fsp3) is 0.737. The first-order chi connectivity index (χ1) is 13.2. The van der Waals surface area contributed by atoms with Crippen LogP contribution in [0.3, 0.4) is 0 Å². The van der Waals surface area contributed by atoms with Gasteiger partial charge in [-0.25, -0.2) is 4.98 Å². The molecule has 0 atom stereocenters. The number of aryl methyl sites for hydroxylation is 1. The molecule has 1 saturated heterocycles. The van der Waals surface area contributed by atoms with Gasteiger partial charge in [0, 0.05) is 48.4 Å². The van der Waals surface area contributed by atoms with Crippen LogP contribution in [0.25, 0.3) is 4.96 Å². The van der Waals surface area contributed by atoms with Gasteiger partial charge in [0.05, 0.1) is 0 Å². The van der Waals surface area contributed by atoms with Gasteiger partial charge in [-0.2, -0.15) is 16.3 Å². The van der Waals surface area contributed by atoms with E-state index in [0.29, 0.717) is 4.96 Å². The highest BCUT2D eigenvalue weighted by molar-refractivity contribution is 7.99. The summed E-state index contributed by atoms with van der Waals surface area (Å²) in [5.41, 5.74) is 1.03. The van der Waals surface area contributed by atoms with Crippen molar-refractivity contribution in [1.29, 1.82) is 0 Å². The highest BCUT2D eigenvalue weighted by Crippen LogP contribution is 2.35. The largest absolute Gasteiger partial charge is 0.358 e. The number of anilines is 1. The van der Waals surface area contributed by atoms with E-state index in [1.807, 2.05) is 0 Å². The van der Waals surface area contributed by atoms with E-state index in [4.69, 9.17) is 0 Å². The third-order valence-corrected chi connectivity index (χ3v) is 7.65. The SMILES string of the molecule is CCCc1cc(=O)n2nc(NCC3(N4CCSCC4)CCCCC3)sc2n1. The van der Waals surface area contributed by atoms with Gasteiger partial charge >= 0.3 is 0 Å². The molecule has 3 heterocycles. The fourth-order valence-electron chi connectivity index (χ4n) is 4.40. The van der Waals surface area contributed by atoms with Gasteiger partial charge in [0.15, 0.2) is 0 Å². The van der Waals surface area contributed by atoms with Gasteiger partial charge in [-0.05, 0) is 19.3 Å². The lowest BCUT2D eigenvalue weighted by atomic mass is 9.80. The number of fused-ring (bicyclic) bond motifs is 1. The van der Waals surface area contributed by atoms with Gasteiger partial charge in [-0.1, -0.05) is 43.9 Å². The Labute approximate surface area is 168 Å². The van der Waals surface area contributed by atoms with Crippen LogP contribution in [-0.2, 0) is 6.42 Å².